The Hall–Kier alpha value is -0.960. The Morgan fingerprint density at radius 3 is 2.11 bits per heavy atom. The normalized spacial score (nSPS) is 13.3. The van der Waals surface area contributed by atoms with Gasteiger partial charge < -0.3 is 5.32 Å². The summed E-state index contributed by atoms with van der Waals surface area (Å²) in [5, 5.41) is 3.37. The van der Waals surface area contributed by atoms with Gasteiger partial charge in [0.15, 0.2) is 0 Å². The molecule has 1 nitrogen and oxygen atoms in total. The summed E-state index contributed by atoms with van der Waals surface area (Å²) >= 11 is 0. The van der Waals surface area contributed by atoms with Crippen molar-refractivity contribution in [2.45, 2.75) is 46.6 Å². The molecule has 1 aromatic rings. The topological polar surface area (TPSA) is 12.0 Å². The Bertz CT molecular complexity index is 368. The van der Waals surface area contributed by atoms with Crippen LogP contribution in [0.25, 0.3) is 0 Å². The first-order valence-corrected chi connectivity index (χ1v) is 7.06. The third-order valence-corrected chi connectivity index (χ3v) is 3.17. The minimum atomic E-state index is -0.432. The van der Waals surface area contributed by atoms with E-state index in [1.165, 1.54) is 18.2 Å². The number of hydrogen-bond acceptors (Lipinski definition) is 1. The monoisotopic (exact) mass is 269 g/mol. The summed E-state index contributed by atoms with van der Waals surface area (Å²) in [4.78, 5) is 0. The number of halogens is 2. The van der Waals surface area contributed by atoms with Gasteiger partial charge in [0.05, 0.1) is 0 Å². The zero-order valence-corrected chi connectivity index (χ0v) is 12.3. The average Bonchev–Trinajstić information content (AvgIpc) is 2.30. The summed E-state index contributed by atoms with van der Waals surface area (Å²) in [6.07, 6.45) is 1.42. The second-order valence-electron chi connectivity index (χ2n) is 5.96. The molecular weight excluding hydrogens is 244 g/mol. The van der Waals surface area contributed by atoms with E-state index in [0.717, 1.165) is 13.0 Å². The summed E-state index contributed by atoms with van der Waals surface area (Å²) in [5.41, 5.74) is 0.221. The lowest BCUT2D eigenvalue weighted by atomic mass is 9.90. The van der Waals surface area contributed by atoms with E-state index in [1.807, 2.05) is 0 Å². The molecule has 0 heterocycles. The van der Waals surface area contributed by atoms with Gasteiger partial charge in [0.1, 0.15) is 11.6 Å². The molecule has 3 heteroatoms. The third-order valence-electron chi connectivity index (χ3n) is 3.17. The van der Waals surface area contributed by atoms with E-state index in [0.29, 0.717) is 18.4 Å². The molecule has 0 spiro atoms. The molecule has 108 valence electrons. The van der Waals surface area contributed by atoms with Crippen LogP contribution in [0.3, 0.4) is 0 Å². The predicted octanol–water partition coefficient (Wildman–Crippen LogP) is 4.17. The van der Waals surface area contributed by atoms with Crippen LogP contribution in [0.5, 0.6) is 0 Å². The Balaban J connectivity index is 2.75. The standard InChI is InChI=1S/C16H25F2N/c1-11(2)8-13(10-19-12(3)4)9-14-15(17)6-5-7-16(14)18/h5-7,11-13,19H,8-10H2,1-4H3. The maximum absolute atomic E-state index is 13.7. The van der Waals surface area contributed by atoms with Gasteiger partial charge in [-0.2, -0.15) is 0 Å². The van der Waals surface area contributed by atoms with Crippen molar-refractivity contribution in [2.24, 2.45) is 11.8 Å². The highest BCUT2D eigenvalue weighted by Gasteiger charge is 2.17. The molecule has 1 unspecified atom stereocenters. The molecular formula is C16H25F2N. The summed E-state index contributed by atoms with van der Waals surface area (Å²) in [7, 11) is 0. The van der Waals surface area contributed by atoms with Gasteiger partial charge in [-0.25, -0.2) is 8.78 Å². The van der Waals surface area contributed by atoms with Crippen LogP contribution in [-0.2, 0) is 6.42 Å². The van der Waals surface area contributed by atoms with Crippen LogP contribution in [0, 0.1) is 23.5 Å². The number of nitrogens with one attached hydrogen (secondary N) is 1. The first-order chi connectivity index (χ1) is 8.90. The van der Waals surface area contributed by atoms with Gasteiger partial charge in [-0.1, -0.05) is 33.8 Å². The van der Waals surface area contributed by atoms with Crippen molar-refractivity contribution in [1.82, 2.24) is 5.32 Å². The van der Waals surface area contributed by atoms with Crippen molar-refractivity contribution in [2.75, 3.05) is 6.54 Å². The molecule has 0 fully saturated rings. The maximum Gasteiger partial charge on any atom is 0.129 e. The van der Waals surface area contributed by atoms with Crippen molar-refractivity contribution in [3.63, 3.8) is 0 Å². The summed E-state index contributed by atoms with van der Waals surface area (Å²) in [6.45, 7) is 9.23. The number of hydrogen-bond donors (Lipinski definition) is 1. The van der Waals surface area contributed by atoms with Gasteiger partial charge in [-0.3, -0.25) is 0 Å². The molecule has 0 bridgehead atoms. The lowest BCUT2D eigenvalue weighted by Gasteiger charge is -2.21. The lowest BCUT2D eigenvalue weighted by Crippen LogP contribution is -2.31. The van der Waals surface area contributed by atoms with E-state index in [9.17, 15) is 8.78 Å². The molecule has 1 atom stereocenters. The first kappa shape index (κ1) is 16.1. The quantitative estimate of drug-likeness (QED) is 0.783. The Kier molecular flexibility index (Phi) is 6.43. The molecule has 0 saturated carbocycles. The summed E-state index contributed by atoms with van der Waals surface area (Å²) in [5.74, 6) is -0.0841. The highest BCUT2D eigenvalue weighted by molar-refractivity contribution is 5.20. The van der Waals surface area contributed by atoms with Crippen molar-refractivity contribution in [3.8, 4) is 0 Å². The minimum absolute atomic E-state index is 0.221. The van der Waals surface area contributed by atoms with Crippen LogP contribution < -0.4 is 5.32 Å². The third kappa shape index (κ3) is 5.68. The fraction of sp³-hybridized carbons (Fsp3) is 0.625. The van der Waals surface area contributed by atoms with E-state index in [-0.39, 0.29) is 11.5 Å². The van der Waals surface area contributed by atoms with Crippen LogP contribution in [0.15, 0.2) is 18.2 Å². The van der Waals surface area contributed by atoms with E-state index >= 15 is 0 Å². The number of rotatable bonds is 7. The molecule has 0 aliphatic heterocycles. The molecule has 0 aliphatic rings. The van der Waals surface area contributed by atoms with Crippen molar-refractivity contribution in [3.05, 3.63) is 35.4 Å². The second kappa shape index (κ2) is 7.59. The second-order valence-corrected chi connectivity index (χ2v) is 5.96. The molecule has 0 radical (unpaired) electrons. The highest BCUT2D eigenvalue weighted by atomic mass is 19.1. The largest absolute Gasteiger partial charge is 0.314 e. The molecule has 0 saturated heterocycles. The molecule has 0 amide bonds. The Morgan fingerprint density at radius 2 is 1.63 bits per heavy atom. The van der Waals surface area contributed by atoms with Gasteiger partial charge in [0.2, 0.25) is 0 Å². The minimum Gasteiger partial charge on any atom is -0.314 e. The predicted molar refractivity (Wildman–Crippen MR) is 76.1 cm³/mol. The van der Waals surface area contributed by atoms with E-state index in [4.69, 9.17) is 0 Å². The Labute approximate surface area is 115 Å². The summed E-state index contributed by atoms with van der Waals surface area (Å²) in [6, 6.07) is 4.47. The first-order valence-electron chi connectivity index (χ1n) is 7.06. The lowest BCUT2D eigenvalue weighted by molar-refractivity contribution is 0.364. The van der Waals surface area contributed by atoms with Crippen LogP contribution in [0.4, 0.5) is 8.78 Å². The molecule has 1 N–H and O–H groups in total. The van der Waals surface area contributed by atoms with Crippen molar-refractivity contribution < 1.29 is 8.78 Å². The van der Waals surface area contributed by atoms with Crippen molar-refractivity contribution >= 4 is 0 Å². The fourth-order valence-electron chi connectivity index (χ4n) is 2.32. The van der Waals surface area contributed by atoms with E-state index < -0.39 is 11.6 Å². The van der Waals surface area contributed by atoms with E-state index in [2.05, 4.69) is 33.0 Å². The van der Waals surface area contributed by atoms with Gasteiger partial charge in [-0.15, -0.1) is 0 Å². The van der Waals surface area contributed by atoms with Gasteiger partial charge >= 0.3 is 0 Å². The smallest absolute Gasteiger partial charge is 0.129 e. The van der Waals surface area contributed by atoms with Crippen LogP contribution >= 0.6 is 0 Å². The molecule has 1 rings (SSSR count). The molecule has 1 aromatic carbocycles. The fourth-order valence-corrected chi connectivity index (χ4v) is 2.32. The van der Waals surface area contributed by atoms with Gasteiger partial charge in [-0.05, 0) is 43.4 Å². The van der Waals surface area contributed by atoms with E-state index in [1.54, 1.807) is 0 Å². The van der Waals surface area contributed by atoms with Crippen LogP contribution in [-0.4, -0.2) is 12.6 Å². The van der Waals surface area contributed by atoms with Crippen LogP contribution in [0.2, 0.25) is 0 Å². The van der Waals surface area contributed by atoms with Gasteiger partial charge in [0.25, 0.3) is 0 Å². The zero-order chi connectivity index (χ0) is 14.4. The summed E-state index contributed by atoms with van der Waals surface area (Å²) < 4.78 is 27.4. The molecule has 0 aliphatic carbocycles. The van der Waals surface area contributed by atoms with Gasteiger partial charge in [0, 0.05) is 11.6 Å². The molecule has 19 heavy (non-hydrogen) atoms. The SMILES string of the molecule is CC(C)CC(CNC(C)C)Cc1c(F)cccc1F. The maximum atomic E-state index is 13.7. The Morgan fingerprint density at radius 1 is 1.05 bits per heavy atom. The zero-order valence-electron chi connectivity index (χ0n) is 12.3. The highest BCUT2D eigenvalue weighted by Crippen LogP contribution is 2.21. The molecule has 0 aromatic heterocycles. The average molecular weight is 269 g/mol. The number of benzene rings is 1. The van der Waals surface area contributed by atoms with Crippen molar-refractivity contribution in [1.29, 1.82) is 0 Å². The van der Waals surface area contributed by atoms with Crippen LogP contribution in [0.1, 0.15) is 39.7 Å².